The van der Waals surface area contributed by atoms with Crippen LogP contribution in [0.5, 0.6) is 5.75 Å². The number of nitrogens with zero attached hydrogens (tertiary/aromatic N) is 2. The normalized spacial score (nSPS) is 14.3. The van der Waals surface area contributed by atoms with Crippen LogP contribution < -0.4 is 14.4 Å². The lowest BCUT2D eigenvalue weighted by Gasteiger charge is -2.34. The maximum absolute atomic E-state index is 14.3. The third-order valence-corrected chi connectivity index (χ3v) is 10.1. The Morgan fingerprint density at radius 3 is 2.16 bits per heavy atom. The Balaban J connectivity index is 1.73. The predicted molar refractivity (Wildman–Crippen MR) is 170 cm³/mol. The predicted octanol–water partition coefficient (Wildman–Crippen LogP) is 5.68. The minimum Gasteiger partial charge on any atom is -0.497 e. The summed E-state index contributed by atoms with van der Waals surface area (Å²) < 4.78 is 34.6. The SMILES string of the molecule is CC[C@@H](C(=O)NC1CCCC1)N(Cc1ccc(OC)cc1)C(=O)CN(c1ccc(C)c(C)c1)S(=O)(=O)c1ccc(C)cc1. The molecular weight excluding hydrogens is 562 g/mol. The van der Waals surface area contributed by atoms with Crippen LogP contribution in [0.25, 0.3) is 0 Å². The van der Waals surface area contributed by atoms with E-state index in [0.717, 1.165) is 52.2 Å². The number of methoxy groups -OCH3 is 1. The summed E-state index contributed by atoms with van der Waals surface area (Å²) in [5.74, 6) is 0.00582. The molecule has 3 aromatic rings. The fourth-order valence-electron chi connectivity index (χ4n) is 5.46. The molecule has 0 saturated heterocycles. The number of rotatable bonds is 12. The van der Waals surface area contributed by atoms with E-state index in [9.17, 15) is 18.0 Å². The Labute approximate surface area is 256 Å². The van der Waals surface area contributed by atoms with Gasteiger partial charge in [0.25, 0.3) is 10.0 Å². The largest absolute Gasteiger partial charge is 0.497 e. The first-order valence-electron chi connectivity index (χ1n) is 14.9. The Kier molecular flexibility index (Phi) is 10.5. The van der Waals surface area contributed by atoms with Crippen LogP contribution >= 0.6 is 0 Å². The van der Waals surface area contributed by atoms with Crippen LogP contribution in [0, 0.1) is 20.8 Å². The van der Waals surface area contributed by atoms with Crippen LogP contribution in [0.1, 0.15) is 61.3 Å². The van der Waals surface area contributed by atoms with E-state index >= 15 is 0 Å². The molecule has 8 nitrogen and oxygen atoms in total. The first kappa shape index (κ1) is 32.1. The van der Waals surface area contributed by atoms with Crippen molar-refractivity contribution in [2.24, 2.45) is 0 Å². The molecule has 1 aliphatic carbocycles. The molecule has 1 saturated carbocycles. The van der Waals surface area contributed by atoms with Crippen molar-refractivity contribution in [2.75, 3.05) is 18.0 Å². The number of nitrogens with one attached hydrogen (secondary N) is 1. The lowest BCUT2D eigenvalue weighted by atomic mass is 10.1. The zero-order chi connectivity index (χ0) is 31.1. The van der Waals surface area contributed by atoms with Crippen molar-refractivity contribution in [3.8, 4) is 5.75 Å². The minimum atomic E-state index is -4.11. The highest BCUT2D eigenvalue weighted by Gasteiger charge is 2.34. The average Bonchev–Trinajstić information content (AvgIpc) is 3.50. The molecule has 43 heavy (non-hydrogen) atoms. The molecule has 1 aliphatic rings. The van der Waals surface area contributed by atoms with Gasteiger partial charge in [-0.15, -0.1) is 0 Å². The number of sulfonamides is 1. The van der Waals surface area contributed by atoms with Gasteiger partial charge in [0.2, 0.25) is 11.8 Å². The molecule has 0 aromatic heterocycles. The van der Waals surface area contributed by atoms with Gasteiger partial charge in [-0.3, -0.25) is 13.9 Å². The molecule has 0 radical (unpaired) electrons. The first-order valence-corrected chi connectivity index (χ1v) is 16.4. The topological polar surface area (TPSA) is 96.0 Å². The number of aryl methyl sites for hydroxylation is 3. The molecule has 230 valence electrons. The van der Waals surface area contributed by atoms with E-state index in [2.05, 4.69) is 5.32 Å². The molecular formula is C34H43N3O5S. The van der Waals surface area contributed by atoms with E-state index in [0.29, 0.717) is 17.9 Å². The van der Waals surface area contributed by atoms with Gasteiger partial charge in [-0.05, 0) is 93.1 Å². The summed E-state index contributed by atoms with van der Waals surface area (Å²) in [6, 6.07) is 18.6. The van der Waals surface area contributed by atoms with Crippen molar-refractivity contribution >= 4 is 27.5 Å². The number of anilines is 1. The third kappa shape index (κ3) is 7.76. The van der Waals surface area contributed by atoms with Crippen LogP contribution in [0.15, 0.2) is 71.6 Å². The van der Waals surface area contributed by atoms with Crippen molar-refractivity contribution in [3.05, 3.63) is 89.0 Å². The Morgan fingerprint density at radius 1 is 0.930 bits per heavy atom. The number of carbonyl (C=O) groups excluding carboxylic acids is 2. The van der Waals surface area contributed by atoms with Gasteiger partial charge in [0.15, 0.2) is 0 Å². The van der Waals surface area contributed by atoms with E-state index in [4.69, 9.17) is 4.74 Å². The summed E-state index contributed by atoms with van der Waals surface area (Å²) in [5.41, 5.74) is 4.05. The van der Waals surface area contributed by atoms with Gasteiger partial charge >= 0.3 is 0 Å². The number of hydrogen-bond donors (Lipinski definition) is 1. The Hall–Kier alpha value is -3.85. The smallest absolute Gasteiger partial charge is 0.264 e. The zero-order valence-electron chi connectivity index (χ0n) is 25.8. The number of benzene rings is 3. The standard InChI is InChI=1S/C34H43N3O5S/c1-6-32(34(39)35-28-9-7-8-10-28)36(22-27-14-17-30(42-5)18-15-27)33(38)23-37(29-16-13-25(3)26(4)21-29)43(40,41)31-19-11-24(2)12-20-31/h11-21,28,32H,6-10,22-23H2,1-5H3,(H,35,39)/t32-/m0/s1. The molecule has 0 aliphatic heterocycles. The van der Waals surface area contributed by atoms with Gasteiger partial charge in [-0.25, -0.2) is 8.42 Å². The van der Waals surface area contributed by atoms with E-state index in [-0.39, 0.29) is 23.4 Å². The number of carbonyl (C=O) groups is 2. The van der Waals surface area contributed by atoms with E-state index < -0.39 is 28.5 Å². The molecule has 4 rings (SSSR count). The van der Waals surface area contributed by atoms with Gasteiger partial charge in [-0.2, -0.15) is 0 Å². The van der Waals surface area contributed by atoms with Crippen LogP contribution in [0.3, 0.4) is 0 Å². The van der Waals surface area contributed by atoms with Crippen LogP contribution in [0.4, 0.5) is 5.69 Å². The second-order valence-corrected chi connectivity index (χ2v) is 13.2. The van der Waals surface area contributed by atoms with Gasteiger partial charge in [-0.1, -0.05) is 55.7 Å². The molecule has 1 N–H and O–H groups in total. The summed E-state index contributed by atoms with van der Waals surface area (Å²) >= 11 is 0. The Bertz CT molecular complexity index is 1510. The molecule has 0 unspecified atom stereocenters. The Morgan fingerprint density at radius 2 is 1.58 bits per heavy atom. The van der Waals surface area contributed by atoms with Gasteiger partial charge in [0.1, 0.15) is 18.3 Å². The minimum absolute atomic E-state index is 0.0911. The number of ether oxygens (including phenoxy) is 1. The summed E-state index contributed by atoms with van der Waals surface area (Å²) in [6.45, 7) is 7.31. The van der Waals surface area contributed by atoms with Gasteiger partial charge < -0.3 is 15.0 Å². The van der Waals surface area contributed by atoms with E-state index in [1.807, 2.05) is 45.9 Å². The average molecular weight is 606 g/mol. The maximum Gasteiger partial charge on any atom is 0.264 e. The summed E-state index contributed by atoms with van der Waals surface area (Å²) in [7, 11) is -2.53. The highest BCUT2D eigenvalue weighted by atomic mass is 32.2. The lowest BCUT2D eigenvalue weighted by Crippen LogP contribution is -2.53. The molecule has 9 heteroatoms. The van der Waals surface area contributed by atoms with Crippen molar-refractivity contribution in [1.82, 2.24) is 10.2 Å². The zero-order valence-corrected chi connectivity index (χ0v) is 26.6. The van der Waals surface area contributed by atoms with Crippen molar-refractivity contribution < 1.29 is 22.7 Å². The monoisotopic (exact) mass is 605 g/mol. The van der Waals surface area contributed by atoms with Crippen molar-refractivity contribution in [2.45, 2.75) is 83.3 Å². The molecule has 0 bridgehead atoms. The summed E-state index contributed by atoms with van der Waals surface area (Å²) in [4.78, 5) is 29.5. The fraction of sp³-hybridized carbons (Fsp3) is 0.412. The highest BCUT2D eigenvalue weighted by Crippen LogP contribution is 2.27. The van der Waals surface area contributed by atoms with Crippen LogP contribution in [0.2, 0.25) is 0 Å². The van der Waals surface area contributed by atoms with Gasteiger partial charge in [0, 0.05) is 12.6 Å². The highest BCUT2D eigenvalue weighted by molar-refractivity contribution is 7.92. The second kappa shape index (κ2) is 14.1. The molecule has 1 fully saturated rings. The van der Waals surface area contributed by atoms with E-state index in [1.54, 1.807) is 55.6 Å². The molecule has 0 heterocycles. The fourth-order valence-corrected chi connectivity index (χ4v) is 6.87. The van der Waals surface area contributed by atoms with E-state index in [1.165, 1.54) is 4.90 Å². The second-order valence-electron chi connectivity index (χ2n) is 11.4. The number of amides is 2. The third-order valence-electron chi connectivity index (χ3n) is 8.27. The number of hydrogen-bond acceptors (Lipinski definition) is 5. The summed E-state index contributed by atoms with van der Waals surface area (Å²) in [6.07, 6.45) is 4.36. The van der Waals surface area contributed by atoms with Crippen molar-refractivity contribution in [3.63, 3.8) is 0 Å². The molecule has 3 aromatic carbocycles. The van der Waals surface area contributed by atoms with Crippen LogP contribution in [-0.2, 0) is 26.2 Å². The molecule has 0 spiro atoms. The maximum atomic E-state index is 14.3. The molecule has 2 amide bonds. The quantitative estimate of drug-likeness (QED) is 0.287. The lowest BCUT2D eigenvalue weighted by molar-refractivity contribution is -0.140. The molecule has 1 atom stereocenters. The van der Waals surface area contributed by atoms with Crippen LogP contribution in [-0.4, -0.2) is 50.9 Å². The summed E-state index contributed by atoms with van der Waals surface area (Å²) in [5, 5.41) is 3.14. The first-order chi connectivity index (χ1) is 20.5. The van der Waals surface area contributed by atoms with Crippen molar-refractivity contribution in [1.29, 1.82) is 0 Å². The van der Waals surface area contributed by atoms with Gasteiger partial charge in [0.05, 0.1) is 17.7 Å².